The molecule has 10 heteroatoms. The second kappa shape index (κ2) is 19.6. The fourth-order valence-corrected chi connectivity index (χ4v) is 18.3. The molecule has 2 atom stereocenters. The Morgan fingerprint density at radius 2 is 0.838 bits per heavy atom. The van der Waals surface area contributed by atoms with Crippen molar-refractivity contribution >= 4 is 77.9 Å². The van der Waals surface area contributed by atoms with Gasteiger partial charge in [0, 0.05) is 71.7 Å². The van der Waals surface area contributed by atoms with E-state index in [2.05, 4.69) is 157 Å². The summed E-state index contributed by atoms with van der Waals surface area (Å²) in [6.45, 7) is 0.259. The molecule has 0 bridgehead atoms. The first-order valence-corrected chi connectivity index (χ1v) is 29.2. The highest BCUT2D eigenvalue weighted by Crippen LogP contribution is 2.72. The topological polar surface area (TPSA) is 59.1 Å². The Morgan fingerprint density at radius 1 is 0.485 bits per heavy atom. The summed E-state index contributed by atoms with van der Waals surface area (Å²) in [7, 11) is 12.3. The largest absolute Gasteiger partial charge is 0.461 e. The van der Waals surface area contributed by atoms with E-state index in [1.54, 1.807) is 0 Å². The standard InChI is InChI=1S/C58H58N2O4S4/c1-59-49-27-9-5-21-43(49)57(44-22-6-10-28-50(44)59)47-25-15-17-39(37-63-53(61)31-13-3-19-41-33-35-65-67-41)55(47)56-40(38-64-54(62)32-14-4-20-42-34-36-66-68-42)18-16-26-48(56)58(57)45-23-7-11-29-51(45)60(2)52-30-12-8-24-46(52)58/h5-12,15-18,21-30,41-42H,3-4,13-14,19-20,31-38H2,1-2H3. The Kier molecular flexibility index (Phi) is 13.2. The third-order valence-electron chi connectivity index (χ3n) is 15.1. The lowest BCUT2D eigenvalue weighted by molar-refractivity contribution is -0.146. The van der Waals surface area contributed by atoms with Crippen LogP contribution in [0.25, 0.3) is 11.1 Å². The molecule has 348 valence electrons. The SMILES string of the molecule is CN1c2ccccc2C2(c3ccccc31)c1cccc(COC(=O)CCCCC3CCSS3)c1-c1c(COC(=O)CCCCC3CCSS3)cccc1C21c2ccccc2N(C)c2ccccc21. The van der Waals surface area contributed by atoms with Crippen LogP contribution in [0.4, 0.5) is 22.7 Å². The molecule has 4 heterocycles. The summed E-state index contributed by atoms with van der Waals surface area (Å²) < 4.78 is 12.7. The summed E-state index contributed by atoms with van der Waals surface area (Å²) in [5, 5.41) is 1.38. The van der Waals surface area contributed by atoms with E-state index in [0.717, 1.165) is 94.7 Å². The second-order valence-corrected chi connectivity index (χ2v) is 24.4. The zero-order valence-electron chi connectivity index (χ0n) is 38.9. The van der Waals surface area contributed by atoms with Crippen molar-refractivity contribution in [1.82, 2.24) is 0 Å². The molecule has 5 aliphatic rings. The summed E-state index contributed by atoms with van der Waals surface area (Å²) in [6, 6.07) is 49.1. The molecule has 6 aromatic carbocycles. The van der Waals surface area contributed by atoms with Crippen molar-refractivity contribution in [2.75, 3.05) is 35.4 Å². The van der Waals surface area contributed by atoms with Crippen LogP contribution in [-0.4, -0.2) is 48.0 Å². The van der Waals surface area contributed by atoms with Crippen molar-refractivity contribution in [3.8, 4) is 11.1 Å². The van der Waals surface area contributed by atoms with Gasteiger partial charge < -0.3 is 19.3 Å². The van der Waals surface area contributed by atoms with Crippen LogP contribution in [0.5, 0.6) is 0 Å². The normalized spacial score (nSPS) is 18.9. The van der Waals surface area contributed by atoms with Gasteiger partial charge in [-0.25, -0.2) is 0 Å². The van der Waals surface area contributed by atoms with Crippen molar-refractivity contribution in [1.29, 1.82) is 0 Å². The summed E-state index contributed by atoms with van der Waals surface area (Å²) in [6.07, 6.45) is 9.29. The van der Waals surface area contributed by atoms with Crippen molar-refractivity contribution < 1.29 is 19.1 Å². The number of anilines is 4. The summed E-state index contributed by atoms with van der Waals surface area (Å²) in [5.41, 5.74) is 13.8. The average molecular weight is 975 g/mol. The number of carbonyl (C=O) groups excluding carboxylic acids is 2. The third-order valence-corrected chi connectivity index (χ3v) is 21.2. The molecule has 4 aliphatic heterocycles. The van der Waals surface area contributed by atoms with Crippen LogP contribution in [0.1, 0.15) is 109 Å². The van der Waals surface area contributed by atoms with E-state index in [1.165, 1.54) is 46.6 Å². The Balaban J connectivity index is 1.11. The number of ether oxygens (including phenoxy) is 2. The van der Waals surface area contributed by atoms with Gasteiger partial charge in [0.15, 0.2) is 0 Å². The minimum atomic E-state index is -0.857. The fourth-order valence-electron chi connectivity index (χ4n) is 12.2. The highest BCUT2D eigenvalue weighted by atomic mass is 33.1. The summed E-state index contributed by atoms with van der Waals surface area (Å²) in [5.74, 6) is 2.10. The predicted molar refractivity (Wildman–Crippen MR) is 287 cm³/mol. The Morgan fingerprint density at radius 3 is 1.19 bits per heavy atom. The van der Waals surface area contributed by atoms with E-state index in [4.69, 9.17) is 9.47 Å². The number of carbonyl (C=O) groups is 2. The van der Waals surface area contributed by atoms with Gasteiger partial charge in [0.25, 0.3) is 0 Å². The molecule has 2 unspecified atom stereocenters. The summed E-state index contributed by atoms with van der Waals surface area (Å²) >= 11 is 0. The Bertz CT molecular complexity index is 2570. The van der Waals surface area contributed by atoms with Crippen LogP contribution < -0.4 is 9.80 Å². The lowest BCUT2D eigenvalue weighted by Crippen LogP contribution is -2.58. The maximum absolute atomic E-state index is 13.8. The molecule has 2 spiro atoms. The van der Waals surface area contributed by atoms with Gasteiger partial charge in [-0.15, -0.1) is 0 Å². The Labute approximate surface area is 417 Å². The number of rotatable bonds is 14. The molecule has 0 aromatic heterocycles. The highest BCUT2D eigenvalue weighted by Gasteiger charge is 2.66. The molecule has 2 saturated heterocycles. The van der Waals surface area contributed by atoms with E-state index in [1.807, 2.05) is 43.2 Å². The van der Waals surface area contributed by atoms with Crippen molar-refractivity contribution in [3.05, 3.63) is 178 Å². The van der Waals surface area contributed by atoms with E-state index >= 15 is 0 Å². The summed E-state index contributed by atoms with van der Waals surface area (Å²) in [4.78, 5) is 32.2. The third kappa shape index (κ3) is 7.67. The molecule has 6 aromatic rings. The first kappa shape index (κ1) is 45.7. The molecule has 0 radical (unpaired) electrons. The molecule has 2 fully saturated rings. The number of hydrogen-bond acceptors (Lipinski definition) is 10. The van der Waals surface area contributed by atoms with Gasteiger partial charge in [-0.05, 0) is 118 Å². The second-order valence-electron chi connectivity index (χ2n) is 18.8. The minimum absolute atomic E-state index is 0.130. The zero-order chi connectivity index (χ0) is 46.2. The molecule has 6 nitrogen and oxygen atoms in total. The zero-order valence-corrected chi connectivity index (χ0v) is 42.2. The lowest BCUT2D eigenvalue weighted by atomic mass is 9.41. The number of esters is 2. The minimum Gasteiger partial charge on any atom is -0.461 e. The van der Waals surface area contributed by atoms with Gasteiger partial charge >= 0.3 is 11.9 Å². The van der Waals surface area contributed by atoms with Crippen molar-refractivity contribution in [2.24, 2.45) is 0 Å². The fraction of sp³-hybridized carbons (Fsp3) is 0.345. The van der Waals surface area contributed by atoms with E-state index < -0.39 is 10.8 Å². The van der Waals surface area contributed by atoms with Gasteiger partial charge in [-0.3, -0.25) is 9.59 Å². The molecule has 11 rings (SSSR count). The molecular formula is C58H58N2O4S4. The Hall–Kier alpha value is -4.74. The van der Waals surface area contributed by atoms with Crippen LogP contribution in [0, 0.1) is 0 Å². The van der Waals surface area contributed by atoms with E-state index in [9.17, 15) is 9.59 Å². The number of hydrogen-bond donors (Lipinski definition) is 0. The van der Waals surface area contributed by atoms with Crippen LogP contribution in [0.3, 0.4) is 0 Å². The molecular weight excluding hydrogens is 917 g/mol. The van der Waals surface area contributed by atoms with Gasteiger partial charge in [-0.1, -0.05) is 165 Å². The van der Waals surface area contributed by atoms with Gasteiger partial charge in [0.2, 0.25) is 0 Å². The highest BCUT2D eigenvalue weighted by molar-refractivity contribution is 8.77. The lowest BCUT2D eigenvalue weighted by Gasteiger charge is -2.62. The first-order chi connectivity index (χ1) is 33.4. The average Bonchev–Trinajstić information content (AvgIpc) is 4.12. The van der Waals surface area contributed by atoms with Gasteiger partial charge in [0.1, 0.15) is 13.2 Å². The number of fused-ring (bicyclic) bond motifs is 14. The molecule has 1 aliphatic carbocycles. The molecule has 0 saturated carbocycles. The quantitative estimate of drug-likeness (QED) is 0.0599. The number of nitrogens with zero attached hydrogens (tertiary/aromatic N) is 2. The van der Waals surface area contributed by atoms with Crippen LogP contribution in [-0.2, 0) is 43.1 Å². The molecule has 0 amide bonds. The van der Waals surface area contributed by atoms with E-state index in [0.29, 0.717) is 23.3 Å². The first-order valence-electron chi connectivity index (χ1n) is 24.4. The number of benzene rings is 6. The molecule has 0 N–H and O–H groups in total. The van der Waals surface area contributed by atoms with Crippen molar-refractivity contribution in [2.45, 2.75) is 98.8 Å². The van der Waals surface area contributed by atoms with Crippen LogP contribution in [0.15, 0.2) is 133 Å². The van der Waals surface area contributed by atoms with Crippen molar-refractivity contribution in [3.63, 3.8) is 0 Å². The number of para-hydroxylation sites is 4. The van der Waals surface area contributed by atoms with Gasteiger partial charge in [-0.2, -0.15) is 0 Å². The maximum atomic E-state index is 13.8. The van der Waals surface area contributed by atoms with E-state index in [-0.39, 0.29) is 25.2 Å². The van der Waals surface area contributed by atoms with Gasteiger partial charge in [0.05, 0.1) is 10.8 Å². The maximum Gasteiger partial charge on any atom is 0.306 e. The predicted octanol–water partition coefficient (Wildman–Crippen LogP) is 14.7. The molecule has 68 heavy (non-hydrogen) atoms. The monoisotopic (exact) mass is 974 g/mol. The smallest absolute Gasteiger partial charge is 0.306 e. The van der Waals surface area contributed by atoms with Crippen LogP contribution in [0.2, 0.25) is 0 Å². The number of unbranched alkanes of at least 4 members (excludes halogenated alkanes) is 2. The van der Waals surface area contributed by atoms with Crippen LogP contribution >= 0.6 is 43.2 Å².